The molecule has 13 aromatic rings. The minimum absolute atomic E-state index is 0.618. The number of nitrogens with zero attached hydrogens (tertiary/aromatic N) is 12. The molecular formula is C84H96N12+6. The number of imidazole rings is 6. The molecule has 13 rings (SSSR count). The minimum Gasteiger partial charge on any atom is -0.232 e. The molecule has 0 fully saturated rings. The van der Waals surface area contributed by atoms with Crippen LogP contribution in [0, 0.1) is 125 Å². The second kappa shape index (κ2) is 25.8. The fourth-order valence-corrected chi connectivity index (χ4v) is 16.5. The van der Waals surface area contributed by atoms with E-state index in [9.17, 15) is 0 Å². The molecule has 0 radical (unpaired) electrons. The highest BCUT2D eigenvalue weighted by molar-refractivity contribution is 5.55. The largest absolute Gasteiger partial charge is 0.249 e. The van der Waals surface area contributed by atoms with E-state index in [1.807, 2.05) is 0 Å². The molecule has 486 valence electrons. The summed E-state index contributed by atoms with van der Waals surface area (Å²) in [6, 6.07) is 27.7. The van der Waals surface area contributed by atoms with Gasteiger partial charge < -0.3 is 0 Å². The molecule has 7 aromatic carbocycles. The van der Waals surface area contributed by atoms with Crippen molar-refractivity contribution in [1.29, 1.82) is 0 Å². The Morgan fingerprint density at radius 1 is 0.188 bits per heavy atom. The van der Waals surface area contributed by atoms with Crippen molar-refractivity contribution in [3.8, 4) is 34.1 Å². The minimum atomic E-state index is 0.618. The number of hydrogen-bond acceptors (Lipinski definition) is 0. The van der Waals surface area contributed by atoms with Crippen LogP contribution >= 0.6 is 0 Å². The number of rotatable bonds is 18. The molecular weight excluding hydrogens is 1180 g/mol. The third-order valence-corrected chi connectivity index (χ3v) is 19.7. The first-order valence-electron chi connectivity index (χ1n) is 34.0. The lowest BCUT2D eigenvalue weighted by Crippen LogP contribution is -2.44. The van der Waals surface area contributed by atoms with Crippen LogP contribution in [0.5, 0.6) is 0 Å². The van der Waals surface area contributed by atoms with E-state index >= 15 is 0 Å². The molecule has 0 atom stereocenters. The van der Waals surface area contributed by atoms with Crippen LogP contribution in [0.15, 0.2) is 185 Å². The zero-order valence-corrected chi connectivity index (χ0v) is 59.9. The summed E-state index contributed by atoms with van der Waals surface area (Å²) in [4.78, 5) is 0. The summed E-state index contributed by atoms with van der Waals surface area (Å²) in [7, 11) is 0. The zero-order valence-electron chi connectivity index (χ0n) is 59.9. The third-order valence-electron chi connectivity index (χ3n) is 19.7. The molecule has 0 saturated carbocycles. The van der Waals surface area contributed by atoms with Crippen molar-refractivity contribution in [2.24, 2.45) is 0 Å². The highest BCUT2D eigenvalue weighted by atomic mass is 15.2. The first kappa shape index (κ1) is 64.5. The van der Waals surface area contributed by atoms with E-state index < -0.39 is 0 Å². The average molecular weight is 1270 g/mol. The maximum atomic E-state index is 2.43. The Bertz CT molecular complexity index is 4190. The highest BCUT2D eigenvalue weighted by Gasteiger charge is 2.33. The SMILES string of the molecule is Cc1cc(C)c(-n2cc[n+](Cc3c(C[n+]4ccn(-c5c(C)cc(C)cc5C)c4)c(C[n+]4ccn(-c5c(C)cc(C)cc5C)c4)c(C[n+]4ccn(-c5c(C)cc(C)cc5C)c4)c(C[n+]4ccn(-c5c(C)cc(C)cc5C)c4)c3C[n+]3ccn(-c4c(C)cc(C)cc4C)c3)c2)c(C)c1. The van der Waals surface area contributed by atoms with Gasteiger partial charge in [0.05, 0.1) is 0 Å². The number of aryl methyl sites for hydroxylation is 18. The second-order valence-corrected chi connectivity index (χ2v) is 28.3. The summed E-state index contributed by atoms with van der Waals surface area (Å²) in [6.07, 6.45) is 41.2. The Labute approximate surface area is 568 Å². The predicted octanol–water partition coefficient (Wildman–Crippen LogP) is 14.0. The van der Waals surface area contributed by atoms with E-state index in [0.717, 1.165) is 0 Å². The van der Waals surface area contributed by atoms with Crippen molar-refractivity contribution < 1.29 is 27.4 Å². The van der Waals surface area contributed by atoms with Crippen LogP contribution in [0.2, 0.25) is 0 Å². The molecule has 0 aliphatic carbocycles. The van der Waals surface area contributed by atoms with Crippen LogP contribution in [0.4, 0.5) is 0 Å². The molecule has 6 aromatic heterocycles. The first-order chi connectivity index (χ1) is 45.9. The molecule has 0 aliphatic rings. The van der Waals surface area contributed by atoms with Gasteiger partial charge in [0, 0.05) is 33.4 Å². The first-order valence-corrected chi connectivity index (χ1v) is 34.0. The number of benzene rings is 7. The van der Waals surface area contributed by atoms with Crippen LogP contribution in [0.3, 0.4) is 0 Å². The Hall–Kier alpha value is -10.2. The van der Waals surface area contributed by atoms with Gasteiger partial charge in [0.2, 0.25) is 38.0 Å². The fraction of sp³-hybridized carbons (Fsp3) is 0.286. The van der Waals surface area contributed by atoms with Crippen LogP contribution < -0.4 is 27.4 Å². The second-order valence-electron chi connectivity index (χ2n) is 28.3. The van der Waals surface area contributed by atoms with E-state index in [-0.39, 0.29) is 0 Å². The van der Waals surface area contributed by atoms with E-state index in [2.05, 4.69) is 365 Å². The Morgan fingerprint density at radius 2 is 0.302 bits per heavy atom. The van der Waals surface area contributed by atoms with Gasteiger partial charge in [0.15, 0.2) is 0 Å². The lowest BCUT2D eigenvalue weighted by Gasteiger charge is -2.24. The van der Waals surface area contributed by atoms with Crippen LogP contribution in [-0.4, -0.2) is 27.4 Å². The summed E-state index contributed by atoms with van der Waals surface area (Å²) in [5, 5.41) is 0. The zero-order chi connectivity index (χ0) is 67.7. The molecule has 0 N–H and O–H groups in total. The van der Waals surface area contributed by atoms with Crippen molar-refractivity contribution in [3.05, 3.63) is 319 Å². The van der Waals surface area contributed by atoms with Crippen molar-refractivity contribution in [2.45, 2.75) is 164 Å². The van der Waals surface area contributed by atoms with Crippen molar-refractivity contribution >= 4 is 0 Å². The van der Waals surface area contributed by atoms with Gasteiger partial charge in [-0.3, -0.25) is 0 Å². The van der Waals surface area contributed by atoms with Gasteiger partial charge in [-0.2, -0.15) is 0 Å². The molecule has 0 bridgehead atoms. The van der Waals surface area contributed by atoms with Gasteiger partial charge in [-0.25, -0.2) is 54.8 Å². The maximum Gasteiger partial charge on any atom is 0.249 e. The third kappa shape index (κ3) is 12.8. The van der Waals surface area contributed by atoms with Gasteiger partial charge >= 0.3 is 0 Å². The van der Waals surface area contributed by atoms with E-state index in [0.29, 0.717) is 39.3 Å². The van der Waals surface area contributed by atoms with Crippen LogP contribution in [0.25, 0.3) is 34.1 Å². The molecule has 12 nitrogen and oxygen atoms in total. The smallest absolute Gasteiger partial charge is 0.232 e. The van der Waals surface area contributed by atoms with Gasteiger partial charge in [-0.05, 0) is 191 Å². The molecule has 0 unspecified atom stereocenters. The van der Waals surface area contributed by atoms with Gasteiger partial charge in [0.1, 0.15) is 148 Å². The molecule has 0 amide bonds. The van der Waals surface area contributed by atoms with Crippen LogP contribution in [0.1, 0.15) is 134 Å². The standard InChI is InChI=1S/C84H96N12/c1-55-31-61(7)79(62(8)32-55)91-25-19-85(49-91)43-73-74(44-86-20-26-92(50-86)80-63(9)33-56(2)34-64(80)10)76(46-88-22-28-94(52-88)82-67(13)37-58(4)38-68(82)14)78(48-90-24-30-96(54-90)84-71(17)41-60(6)42-72(84)18)77(47-89-23-29-95(53-89)83-69(15)39-59(5)40-70(83)16)75(73)45-87-21-27-93(51-87)81-65(11)35-57(3)36-66(81)12/h19-42,49-54H,43-48H2,1-18H3/q+6. The summed E-state index contributed by atoms with van der Waals surface area (Å²) in [6.45, 7) is 43.8. The Kier molecular flexibility index (Phi) is 17.4. The maximum absolute atomic E-state index is 2.43. The molecule has 0 aliphatic heterocycles. The van der Waals surface area contributed by atoms with Gasteiger partial charge in [-0.15, -0.1) is 0 Å². The predicted molar refractivity (Wildman–Crippen MR) is 382 cm³/mol. The summed E-state index contributed by atoms with van der Waals surface area (Å²) < 4.78 is 28.6. The molecule has 0 spiro atoms. The van der Waals surface area contributed by atoms with Crippen molar-refractivity contribution in [1.82, 2.24) is 27.4 Å². The fourth-order valence-electron chi connectivity index (χ4n) is 16.5. The topological polar surface area (TPSA) is 52.9 Å². The van der Waals surface area contributed by atoms with Gasteiger partial charge in [0.25, 0.3) is 0 Å². The van der Waals surface area contributed by atoms with E-state index in [1.54, 1.807) is 0 Å². The van der Waals surface area contributed by atoms with Crippen LogP contribution in [-0.2, 0) is 39.3 Å². The summed E-state index contributed by atoms with van der Waals surface area (Å²) >= 11 is 0. The van der Waals surface area contributed by atoms with Crippen molar-refractivity contribution in [3.63, 3.8) is 0 Å². The number of hydrogen-bond donors (Lipinski definition) is 0. The lowest BCUT2D eigenvalue weighted by atomic mass is 9.85. The Balaban J connectivity index is 1.12. The van der Waals surface area contributed by atoms with E-state index in [4.69, 9.17) is 0 Å². The van der Waals surface area contributed by atoms with E-state index in [1.165, 1.54) is 168 Å². The monoisotopic (exact) mass is 1270 g/mol. The highest BCUT2D eigenvalue weighted by Crippen LogP contribution is 2.33. The summed E-state index contributed by atoms with van der Waals surface area (Å²) in [5.74, 6) is 0. The molecule has 6 heterocycles. The number of aromatic nitrogens is 12. The normalized spacial score (nSPS) is 11.7. The Morgan fingerprint density at radius 3 is 0.417 bits per heavy atom. The molecule has 0 saturated heterocycles. The molecule has 96 heavy (non-hydrogen) atoms. The summed E-state index contributed by atoms with van der Waals surface area (Å²) in [5.41, 5.74) is 37.8. The lowest BCUT2D eigenvalue weighted by molar-refractivity contribution is -0.700. The average Bonchev–Trinajstić information content (AvgIpc) is 1.08. The van der Waals surface area contributed by atoms with Crippen molar-refractivity contribution in [2.75, 3.05) is 0 Å². The molecule has 12 heteroatoms. The van der Waals surface area contributed by atoms with Gasteiger partial charge in [-0.1, -0.05) is 106 Å². The quantitative estimate of drug-likeness (QED) is 0.0769.